The average Bonchev–Trinajstić information content (AvgIpc) is 3.71. The van der Waals surface area contributed by atoms with E-state index in [0.717, 1.165) is 80.2 Å². The molecule has 0 radical (unpaired) electrons. The first-order valence-corrected chi connectivity index (χ1v) is 15.5. The highest BCUT2D eigenvalue weighted by molar-refractivity contribution is 5.83. The number of hydrogen-bond donors (Lipinski definition) is 0. The quantitative estimate of drug-likeness (QED) is 0.477. The van der Waals surface area contributed by atoms with E-state index in [4.69, 9.17) is 14.2 Å². The zero-order valence-corrected chi connectivity index (χ0v) is 25.0. The molecule has 3 heterocycles. The Labute approximate surface area is 249 Å². The number of likely N-dealkylation sites (tertiary alicyclic amines) is 1. The number of carbonyl (C=O) groups excluding carboxylic acids is 2. The van der Waals surface area contributed by atoms with E-state index >= 15 is 0 Å². The molecule has 6 rings (SSSR count). The Hall–Kier alpha value is -3.30. The lowest BCUT2D eigenvalue weighted by atomic mass is 10.0. The third kappa shape index (κ3) is 6.37. The second kappa shape index (κ2) is 12.9. The van der Waals surface area contributed by atoms with Gasteiger partial charge in [-0.05, 0) is 61.7 Å². The average molecular weight is 577 g/mol. The fourth-order valence-electron chi connectivity index (χ4n) is 6.96. The number of fused-ring (bicyclic) bond motifs is 1. The molecule has 9 nitrogen and oxygen atoms in total. The Kier molecular flexibility index (Phi) is 8.86. The van der Waals surface area contributed by atoms with E-state index in [9.17, 15) is 9.59 Å². The zero-order valence-electron chi connectivity index (χ0n) is 25.0. The predicted molar refractivity (Wildman–Crippen MR) is 160 cm³/mol. The van der Waals surface area contributed by atoms with Crippen molar-refractivity contribution in [2.24, 2.45) is 5.92 Å². The highest BCUT2D eigenvalue weighted by Gasteiger charge is 2.43. The van der Waals surface area contributed by atoms with Crippen molar-refractivity contribution < 1.29 is 23.8 Å². The monoisotopic (exact) mass is 576 g/mol. The van der Waals surface area contributed by atoms with Gasteiger partial charge in [-0.15, -0.1) is 0 Å². The normalized spacial score (nSPS) is 23.2. The van der Waals surface area contributed by atoms with Gasteiger partial charge < -0.3 is 28.9 Å². The van der Waals surface area contributed by atoms with Crippen LogP contribution < -0.4 is 14.2 Å². The van der Waals surface area contributed by atoms with Crippen LogP contribution in [0.25, 0.3) is 0 Å². The van der Waals surface area contributed by atoms with Crippen molar-refractivity contribution in [1.82, 2.24) is 19.6 Å². The summed E-state index contributed by atoms with van der Waals surface area (Å²) in [6, 6.07) is 13.7. The van der Waals surface area contributed by atoms with E-state index in [1.807, 2.05) is 35.2 Å². The first-order chi connectivity index (χ1) is 20.5. The maximum Gasteiger partial charge on any atom is 0.240 e. The van der Waals surface area contributed by atoms with Crippen molar-refractivity contribution in [3.05, 3.63) is 53.6 Å². The predicted octanol–water partition coefficient (Wildman–Crippen LogP) is 3.40. The number of carbonyl (C=O) groups is 2. The smallest absolute Gasteiger partial charge is 0.240 e. The molecular weight excluding hydrogens is 532 g/mol. The molecule has 3 fully saturated rings. The second-order valence-electron chi connectivity index (χ2n) is 12.2. The SMILES string of the molecule is COc1cccc(CN(C(=O)C2CCCC2)C2CC(C(=O)N3CCN(C)CC3)N(Cc3ccc4c(c3)OCCO4)C2)c1. The Bertz CT molecular complexity index is 1260. The number of rotatable bonds is 8. The minimum absolute atomic E-state index is 0.0528. The van der Waals surface area contributed by atoms with Crippen molar-refractivity contribution >= 4 is 11.8 Å². The topological polar surface area (TPSA) is 74.8 Å². The molecule has 0 N–H and O–H groups in total. The van der Waals surface area contributed by atoms with Gasteiger partial charge in [-0.2, -0.15) is 0 Å². The van der Waals surface area contributed by atoms with E-state index in [-0.39, 0.29) is 29.8 Å². The lowest BCUT2D eigenvalue weighted by Crippen LogP contribution is -2.52. The Morgan fingerprint density at radius 3 is 2.48 bits per heavy atom. The second-order valence-corrected chi connectivity index (χ2v) is 12.2. The van der Waals surface area contributed by atoms with Crippen molar-refractivity contribution in [3.8, 4) is 17.2 Å². The van der Waals surface area contributed by atoms with E-state index in [2.05, 4.69) is 33.9 Å². The molecule has 1 aliphatic carbocycles. The third-order valence-corrected chi connectivity index (χ3v) is 9.39. The molecule has 2 aromatic rings. The maximum atomic E-state index is 14.1. The van der Waals surface area contributed by atoms with Gasteiger partial charge in [-0.25, -0.2) is 0 Å². The van der Waals surface area contributed by atoms with E-state index in [0.29, 0.717) is 39.3 Å². The van der Waals surface area contributed by atoms with Crippen LogP contribution in [0, 0.1) is 5.92 Å². The number of hydrogen-bond acceptors (Lipinski definition) is 7. The molecule has 3 aliphatic heterocycles. The molecule has 2 amide bonds. The highest BCUT2D eigenvalue weighted by atomic mass is 16.6. The largest absolute Gasteiger partial charge is 0.497 e. The molecule has 0 aromatic heterocycles. The van der Waals surface area contributed by atoms with Crippen LogP contribution in [-0.2, 0) is 22.7 Å². The summed E-state index contributed by atoms with van der Waals surface area (Å²) in [6.45, 7) is 6.12. The van der Waals surface area contributed by atoms with E-state index in [1.54, 1.807) is 7.11 Å². The van der Waals surface area contributed by atoms with Crippen molar-refractivity contribution in [2.45, 2.75) is 57.3 Å². The van der Waals surface area contributed by atoms with Gasteiger partial charge >= 0.3 is 0 Å². The fourth-order valence-corrected chi connectivity index (χ4v) is 6.96. The Morgan fingerprint density at radius 2 is 1.71 bits per heavy atom. The number of ether oxygens (including phenoxy) is 3. The zero-order chi connectivity index (χ0) is 29.1. The van der Waals surface area contributed by atoms with Gasteiger partial charge in [0.1, 0.15) is 19.0 Å². The van der Waals surface area contributed by atoms with Crippen molar-refractivity contribution in [1.29, 1.82) is 0 Å². The molecule has 0 bridgehead atoms. The van der Waals surface area contributed by atoms with Gasteiger partial charge in [-0.1, -0.05) is 31.0 Å². The molecule has 42 heavy (non-hydrogen) atoms. The van der Waals surface area contributed by atoms with Crippen LogP contribution in [0.15, 0.2) is 42.5 Å². The number of methoxy groups -OCH3 is 1. The van der Waals surface area contributed by atoms with Crippen LogP contribution in [0.2, 0.25) is 0 Å². The van der Waals surface area contributed by atoms with Gasteiger partial charge in [0.05, 0.1) is 13.2 Å². The molecule has 0 spiro atoms. The van der Waals surface area contributed by atoms with E-state index < -0.39 is 0 Å². The maximum absolute atomic E-state index is 14.1. The third-order valence-electron chi connectivity index (χ3n) is 9.39. The summed E-state index contributed by atoms with van der Waals surface area (Å²) >= 11 is 0. The summed E-state index contributed by atoms with van der Waals surface area (Å²) in [5.41, 5.74) is 2.13. The van der Waals surface area contributed by atoms with Crippen LogP contribution in [0.5, 0.6) is 17.2 Å². The number of amides is 2. The molecule has 2 saturated heterocycles. The van der Waals surface area contributed by atoms with Gasteiger partial charge in [0.25, 0.3) is 0 Å². The summed E-state index contributed by atoms with van der Waals surface area (Å²) < 4.78 is 17.1. The van der Waals surface area contributed by atoms with Gasteiger partial charge in [0.2, 0.25) is 11.8 Å². The standard InChI is InChI=1S/C33H44N4O5/c1-34-12-14-35(15-13-34)33(39)29-20-27(23-36(29)21-25-10-11-30-31(19-25)42-17-16-41-30)37(32(38)26-7-3-4-8-26)22-24-6-5-9-28(18-24)40-2/h5-6,9-11,18-19,26-27,29H,3-4,7-8,12-17,20-23H2,1-2H3. The Morgan fingerprint density at radius 1 is 0.952 bits per heavy atom. The van der Waals surface area contributed by atoms with Crippen LogP contribution in [0.1, 0.15) is 43.2 Å². The minimum atomic E-state index is -0.282. The first-order valence-electron chi connectivity index (χ1n) is 15.5. The molecule has 2 atom stereocenters. The van der Waals surface area contributed by atoms with Crippen molar-refractivity contribution in [3.63, 3.8) is 0 Å². The number of piperazine rings is 1. The lowest BCUT2D eigenvalue weighted by molar-refractivity contribution is -0.139. The van der Waals surface area contributed by atoms with Gasteiger partial charge in [0, 0.05) is 57.8 Å². The van der Waals surface area contributed by atoms with Crippen LogP contribution in [-0.4, -0.2) is 104 Å². The summed E-state index contributed by atoms with van der Waals surface area (Å²) in [5, 5.41) is 0. The van der Waals surface area contributed by atoms with Crippen LogP contribution in [0.3, 0.4) is 0 Å². The molecule has 2 unspecified atom stereocenters. The minimum Gasteiger partial charge on any atom is -0.497 e. The molecule has 4 aliphatic rings. The van der Waals surface area contributed by atoms with Crippen LogP contribution >= 0.6 is 0 Å². The molecule has 2 aromatic carbocycles. The number of nitrogens with zero attached hydrogens (tertiary/aromatic N) is 4. The highest BCUT2D eigenvalue weighted by Crippen LogP contribution is 2.35. The summed E-state index contributed by atoms with van der Waals surface area (Å²) in [6.07, 6.45) is 4.75. The van der Waals surface area contributed by atoms with Crippen molar-refractivity contribution in [2.75, 3.05) is 60.1 Å². The van der Waals surface area contributed by atoms with Gasteiger partial charge in [0.15, 0.2) is 11.5 Å². The molecular formula is C33H44N4O5. The number of likely N-dealkylation sites (N-methyl/N-ethyl adjacent to an activating group) is 1. The summed E-state index contributed by atoms with van der Waals surface area (Å²) in [5.74, 6) is 2.78. The molecule has 1 saturated carbocycles. The van der Waals surface area contributed by atoms with E-state index in [1.165, 1.54) is 0 Å². The molecule has 226 valence electrons. The molecule has 9 heteroatoms. The fraction of sp³-hybridized carbons (Fsp3) is 0.576. The van der Waals surface area contributed by atoms with Gasteiger partial charge in [-0.3, -0.25) is 14.5 Å². The Balaban J connectivity index is 1.27. The number of benzene rings is 2. The lowest BCUT2D eigenvalue weighted by Gasteiger charge is -2.35. The summed E-state index contributed by atoms with van der Waals surface area (Å²) in [7, 11) is 3.77. The first kappa shape index (κ1) is 28.8. The van der Waals surface area contributed by atoms with Crippen LogP contribution in [0.4, 0.5) is 0 Å². The summed E-state index contributed by atoms with van der Waals surface area (Å²) in [4.78, 5) is 36.8.